The smallest absolute Gasteiger partial charge is 0.216 e. The van der Waals surface area contributed by atoms with E-state index in [1.54, 1.807) is 6.92 Å². The number of hydrogen-bond donors (Lipinski definition) is 3. The minimum Gasteiger partial charge on any atom is -0.356 e. The van der Waals surface area contributed by atoms with Crippen LogP contribution in [0.5, 0.6) is 0 Å². The van der Waals surface area contributed by atoms with Crippen LogP contribution in [-0.4, -0.2) is 38.6 Å². The van der Waals surface area contributed by atoms with Crippen LogP contribution in [0.1, 0.15) is 32.6 Å². The van der Waals surface area contributed by atoms with Crippen molar-refractivity contribution in [3.05, 3.63) is 0 Å². The van der Waals surface area contributed by atoms with Gasteiger partial charge in [0.2, 0.25) is 5.91 Å². The van der Waals surface area contributed by atoms with Crippen molar-refractivity contribution in [3.63, 3.8) is 0 Å². The molecule has 0 aromatic heterocycles. The molecule has 0 radical (unpaired) electrons. The Kier molecular flexibility index (Phi) is 7.17. The first kappa shape index (κ1) is 13.5. The average Bonchev–Trinajstić information content (AvgIpc) is 2.29. The van der Waals surface area contributed by atoms with E-state index >= 15 is 0 Å². The molecule has 0 aromatic carbocycles. The van der Waals surface area contributed by atoms with Gasteiger partial charge in [0.1, 0.15) is 0 Å². The summed E-state index contributed by atoms with van der Waals surface area (Å²) in [4.78, 5) is 10.6. The molecule has 1 saturated heterocycles. The highest BCUT2D eigenvalue weighted by Crippen LogP contribution is 2.09. The molecule has 0 spiro atoms. The molecule has 0 atom stereocenters. The van der Waals surface area contributed by atoms with Crippen LogP contribution < -0.4 is 16.0 Å². The fourth-order valence-corrected chi connectivity index (χ4v) is 2.03. The molecule has 0 bridgehead atoms. The molecule has 0 aliphatic carbocycles. The third-order valence-electron chi connectivity index (χ3n) is 3.05. The zero-order valence-corrected chi connectivity index (χ0v) is 10.3. The van der Waals surface area contributed by atoms with Gasteiger partial charge in [-0.1, -0.05) is 0 Å². The molecule has 0 unspecified atom stereocenters. The van der Waals surface area contributed by atoms with E-state index in [4.69, 9.17) is 0 Å². The number of amides is 1. The number of carbonyl (C=O) groups excluding carboxylic acids is 1. The van der Waals surface area contributed by atoms with Crippen LogP contribution in [0.25, 0.3) is 0 Å². The van der Waals surface area contributed by atoms with Crippen molar-refractivity contribution in [1.29, 1.82) is 0 Å². The lowest BCUT2D eigenvalue weighted by Crippen LogP contribution is -2.34. The molecule has 94 valence electrons. The Balaban J connectivity index is 1.82. The Bertz CT molecular complexity index is 191. The summed E-state index contributed by atoms with van der Waals surface area (Å²) >= 11 is 0. The van der Waals surface area contributed by atoms with Crippen LogP contribution in [0.3, 0.4) is 0 Å². The second-order valence-electron chi connectivity index (χ2n) is 4.59. The lowest BCUT2D eigenvalue weighted by molar-refractivity contribution is -0.118. The van der Waals surface area contributed by atoms with Gasteiger partial charge in [0, 0.05) is 13.5 Å². The maximum absolute atomic E-state index is 10.6. The van der Waals surface area contributed by atoms with Gasteiger partial charge in [-0.2, -0.15) is 0 Å². The van der Waals surface area contributed by atoms with Crippen molar-refractivity contribution in [3.8, 4) is 0 Å². The molecular weight excluding hydrogens is 202 g/mol. The predicted octanol–water partition coefficient (Wildman–Crippen LogP) is 0.492. The first-order valence-corrected chi connectivity index (χ1v) is 6.45. The highest BCUT2D eigenvalue weighted by atomic mass is 16.1. The zero-order valence-electron chi connectivity index (χ0n) is 10.3. The summed E-state index contributed by atoms with van der Waals surface area (Å²) in [6, 6.07) is 0. The minimum absolute atomic E-state index is 0.0719. The van der Waals surface area contributed by atoms with Gasteiger partial charge < -0.3 is 16.0 Å². The molecule has 3 N–H and O–H groups in total. The average molecular weight is 227 g/mol. The van der Waals surface area contributed by atoms with Gasteiger partial charge in [0.25, 0.3) is 0 Å². The molecule has 4 heteroatoms. The van der Waals surface area contributed by atoms with Crippen molar-refractivity contribution in [2.45, 2.75) is 32.6 Å². The van der Waals surface area contributed by atoms with Crippen LogP contribution in [0.15, 0.2) is 0 Å². The summed E-state index contributed by atoms with van der Waals surface area (Å²) < 4.78 is 0. The van der Waals surface area contributed by atoms with Gasteiger partial charge >= 0.3 is 0 Å². The number of unbranched alkanes of at least 4 members (excludes halogenated alkanes) is 1. The summed E-state index contributed by atoms with van der Waals surface area (Å²) in [6.45, 7) is 6.95. The summed E-state index contributed by atoms with van der Waals surface area (Å²) in [7, 11) is 0. The van der Waals surface area contributed by atoms with E-state index in [1.165, 1.54) is 25.9 Å². The lowest BCUT2D eigenvalue weighted by Gasteiger charge is -2.22. The van der Waals surface area contributed by atoms with E-state index in [9.17, 15) is 4.79 Å². The van der Waals surface area contributed by atoms with Gasteiger partial charge in [-0.3, -0.25) is 4.79 Å². The molecule has 1 amide bonds. The van der Waals surface area contributed by atoms with E-state index in [1.807, 2.05) is 0 Å². The summed E-state index contributed by atoms with van der Waals surface area (Å²) in [5.41, 5.74) is 0. The maximum atomic E-state index is 10.6. The summed E-state index contributed by atoms with van der Waals surface area (Å²) in [5, 5.41) is 9.69. The van der Waals surface area contributed by atoms with Crippen molar-refractivity contribution in [1.82, 2.24) is 16.0 Å². The van der Waals surface area contributed by atoms with E-state index in [0.717, 1.165) is 38.4 Å². The SMILES string of the molecule is CC(=O)NCCCCNCC1CCNCC1. The number of piperidine rings is 1. The van der Waals surface area contributed by atoms with E-state index in [2.05, 4.69) is 16.0 Å². The molecule has 1 aliphatic heterocycles. The molecule has 1 fully saturated rings. The first-order valence-electron chi connectivity index (χ1n) is 6.45. The number of nitrogens with one attached hydrogen (secondary N) is 3. The van der Waals surface area contributed by atoms with Crippen molar-refractivity contribution in [2.75, 3.05) is 32.7 Å². The Hall–Kier alpha value is -0.610. The summed E-state index contributed by atoms with van der Waals surface area (Å²) in [6.07, 6.45) is 4.82. The molecule has 0 aromatic rings. The number of carbonyl (C=O) groups is 1. The van der Waals surface area contributed by atoms with Crippen LogP contribution in [0.4, 0.5) is 0 Å². The maximum Gasteiger partial charge on any atom is 0.216 e. The second-order valence-corrected chi connectivity index (χ2v) is 4.59. The third-order valence-corrected chi connectivity index (χ3v) is 3.05. The van der Waals surface area contributed by atoms with E-state index in [0.29, 0.717) is 0 Å². The van der Waals surface area contributed by atoms with Crippen molar-refractivity contribution >= 4 is 5.91 Å². The molecule has 0 saturated carbocycles. The first-order chi connectivity index (χ1) is 7.79. The summed E-state index contributed by atoms with van der Waals surface area (Å²) in [5.74, 6) is 0.930. The molecule has 1 aliphatic rings. The molecule has 1 rings (SSSR count). The lowest BCUT2D eigenvalue weighted by atomic mass is 9.98. The monoisotopic (exact) mass is 227 g/mol. The second kappa shape index (κ2) is 8.53. The molecular formula is C12H25N3O. The van der Waals surface area contributed by atoms with E-state index < -0.39 is 0 Å². The fraction of sp³-hybridized carbons (Fsp3) is 0.917. The topological polar surface area (TPSA) is 53.2 Å². The van der Waals surface area contributed by atoms with Crippen LogP contribution in [-0.2, 0) is 4.79 Å². The van der Waals surface area contributed by atoms with Crippen LogP contribution >= 0.6 is 0 Å². The van der Waals surface area contributed by atoms with Crippen LogP contribution in [0, 0.1) is 5.92 Å². The Morgan fingerprint density at radius 2 is 1.94 bits per heavy atom. The quantitative estimate of drug-likeness (QED) is 0.555. The normalized spacial score (nSPS) is 17.3. The van der Waals surface area contributed by atoms with Crippen molar-refractivity contribution in [2.24, 2.45) is 5.92 Å². The highest BCUT2D eigenvalue weighted by molar-refractivity contribution is 5.72. The Labute approximate surface area is 98.6 Å². The van der Waals surface area contributed by atoms with Gasteiger partial charge in [-0.05, 0) is 57.8 Å². The van der Waals surface area contributed by atoms with Crippen LogP contribution in [0.2, 0.25) is 0 Å². The molecule has 16 heavy (non-hydrogen) atoms. The third kappa shape index (κ3) is 6.80. The van der Waals surface area contributed by atoms with Gasteiger partial charge in [0.05, 0.1) is 0 Å². The number of hydrogen-bond acceptors (Lipinski definition) is 3. The number of rotatable bonds is 7. The zero-order chi connectivity index (χ0) is 11.6. The molecule has 1 heterocycles. The highest BCUT2D eigenvalue weighted by Gasteiger charge is 2.11. The Morgan fingerprint density at radius 3 is 2.62 bits per heavy atom. The standard InChI is InChI=1S/C12H25N3O/c1-11(16)15-7-3-2-6-14-10-12-4-8-13-9-5-12/h12-14H,2-10H2,1H3,(H,15,16). The van der Waals surface area contributed by atoms with E-state index in [-0.39, 0.29) is 5.91 Å². The molecule has 4 nitrogen and oxygen atoms in total. The Morgan fingerprint density at radius 1 is 1.25 bits per heavy atom. The fourth-order valence-electron chi connectivity index (χ4n) is 2.03. The minimum atomic E-state index is 0.0719. The van der Waals surface area contributed by atoms with Gasteiger partial charge in [0.15, 0.2) is 0 Å². The van der Waals surface area contributed by atoms with Gasteiger partial charge in [-0.15, -0.1) is 0 Å². The largest absolute Gasteiger partial charge is 0.356 e. The van der Waals surface area contributed by atoms with Gasteiger partial charge in [-0.25, -0.2) is 0 Å². The predicted molar refractivity (Wildman–Crippen MR) is 66.4 cm³/mol. The van der Waals surface area contributed by atoms with Crippen molar-refractivity contribution < 1.29 is 4.79 Å².